The average Bonchev–Trinajstić information content (AvgIpc) is 3.46. The number of pyridine rings is 1. The maximum atomic E-state index is 12.6. The van der Waals surface area contributed by atoms with Crippen LogP contribution in [-0.4, -0.2) is 53.5 Å². The van der Waals surface area contributed by atoms with Gasteiger partial charge in [0.2, 0.25) is 0 Å². The number of esters is 1. The van der Waals surface area contributed by atoms with E-state index in [1.54, 1.807) is 41.6 Å². The molecule has 3 heterocycles. The van der Waals surface area contributed by atoms with Gasteiger partial charge in [0, 0.05) is 26.3 Å². The van der Waals surface area contributed by atoms with Crippen LogP contribution in [-0.2, 0) is 9.53 Å². The SMILES string of the molecule is C[C@@H](c1nc2ccccc2s1)N(C)C(=O)COC(=O)c1cccnc1N1CCCC1. The first kappa shape index (κ1) is 20.3. The van der Waals surface area contributed by atoms with E-state index in [4.69, 9.17) is 4.74 Å². The van der Waals surface area contributed by atoms with Crippen LogP contribution in [0.5, 0.6) is 0 Å². The van der Waals surface area contributed by atoms with Crippen molar-refractivity contribution in [3.05, 3.63) is 53.2 Å². The monoisotopic (exact) mass is 424 g/mol. The van der Waals surface area contributed by atoms with Crippen molar-refractivity contribution in [1.29, 1.82) is 0 Å². The molecule has 156 valence electrons. The predicted octanol–water partition coefficient (Wildman–Crippen LogP) is 3.67. The molecule has 0 radical (unpaired) electrons. The summed E-state index contributed by atoms with van der Waals surface area (Å²) in [5, 5.41) is 0.849. The maximum Gasteiger partial charge on any atom is 0.342 e. The zero-order chi connectivity index (χ0) is 21.1. The van der Waals surface area contributed by atoms with Crippen molar-refractivity contribution in [1.82, 2.24) is 14.9 Å². The fourth-order valence-electron chi connectivity index (χ4n) is 3.49. The van der Waals surface area contributed by atoms with E-state index < -0.39 is 5.97 Å². The third-order valence-corrected chi connectivity index (χ3v) is 6.59. The second kappa shape index (κ2) is 8.79. The van der Waals surface area contributed by atoms with Crippen LogP contribution >= 0.6 is 11.3 Å². The summed E-state index contributed by atoms with van der Waals surface area (Å²) >= 11 is 1.56. The number of ether oxygens (including phenoxy) is 1. The van der Waals surface area contributed by atoms with Crippen molar-refractivity contribution >= 4 is 39.2 Å². The Bertz CT molecular complexity index is 1030. The van der Waals surface area contributed by atoms with Crippen LogP contribution in [0.2, 0.25) is 0 Å². The molecule has 4 rings (SSSR count). The van der Waals surface area contributed by atoms with E-state index in [0.29, 0.717) is 11.4 Å². The van der Waals surface area contributed by atoms with Gasteiger partial charge in [0.15, 0.2) is 6.61 Å². The van der Waals surface area contributed by atoms with Gasteiger partial charge >= 0.3 is 5.97 Å². The van der Waals surface area contributed by atoms with E-state index >= 15 is 0 Å². The normalized spacial score (nSPS) is 14.7. The number of anilines is 1. The topological polar surface area (TPSA) is 75.6 Å². The van der Waals surface area contributed by atoms with Gasteiger partial charge in [0.1, 0.15) is 16.4 Å². The number of carbonyl (C=O) groups is 2. The molecule has 8 heteroatoms. The Morgan fingerprint density at radius 2 is 1.97 bits per heavy atom. The quantitative estimate of drug-likeness (QED) is 0.562. The van der Waals surface area contributed by atoms with Crippen molar-refractivity contribution in [2.45, 2.75) is 25.8 Å². The second-order valence-electron chi connectivity index (χ2n) is 7.35. The zero-order valence-corrected chi connectivity index (χ0v) is 17.9. The van der Waals surface area contributed by atoms with Gasteiger partial charge in [-0.1, -0.05) is 12.1 Å². The molecule has 1 aromatic carbocycles. The summed E-state index contributed by atoms with van der Waals surface area (Å²) in [7, 11) is 1.70. The lowest BCUT2D eigenvalue weighted by molar-refractivity contribution is -0.135. The van der Waals surface area contributed by atoms with Crippen LogP contribution < -0.4 is 4.90 Å². The molecule has 1 amide bonds. The first-order chi connectivity index (χ1) is 14.5. The third-order valence-electron chi connectivity index (χ3n) is 5.38. The molecule has 0 spiro atoms. The minimum absolute atomic E-state index is 0.216. The molecular formula is C22H24N4O3S. The van der Waals surface area contributed by atoms with E-state index in [2.05, 4.69) is 14.9 Å². The Hall–Kier alpha value is -3.00. The summed E-state index contributed by atoms with van der Waals surface area (Å²) in [6.07, 6.45) is 3.83. The van der Waals surface area contributed by atoms with E-state index in [1.807, 2.05) is 31.2 Å². The molecule has 0 N–H and O–H groups in total. The zero-order valence-electron chi connectivity index (χ0n) is 17.1. The summed E-state index contributed by atoms with van der Waals surface area (Å²) in [5.41, 5.74) is 1.32. The first-order valence-corrected chi connectivity index (χ1v) is 10.8. The molecule has 0 bridgehead atoms. The van der Waals surface area contributed by atoms with Crippen molar-refractivity contribution in [3.8, 4) is 0 Å². The highest BCUT2D eigenvalue weighted by atomic mass is 32.1. The van der Waals surface area contributed by atoms with Gasteiger partial charge in [-0.25, -0.2) is 14.8 Å². The van der Waals surface area contributed by atoms with Crippen molar-refractivity contribution in [3.63, 3.8) is 0 Å². The number of aromatic nitrogens is 2. The van der Waals surface area contributed by atoms with Crippen LogP contribution in [0, 0.1) is 0 Å². The lowest BCUT2D eigenvalue weighted by Gasteiger charge is -2.23. The van der Waals surface area contributed by atoms with E-state index in [9.17, 15) is 9.59 Å². The number of para-hydroxylation sites is 1. The molecule has 1 aliphatic heterocycles. The molecule has 3 aromatic rings. The average molecular weight is 425 g/mol. The fraction of sp³-hybridized carbons (Fsp3) is 0.364. The van der Waals surface area contributed by atoms with E-state index in [1.165, 1.54) is 0 Å². The lowest BCUT2D eigenvalue weighted by atomic mass is 10.2. The van der Waals surface area contributed by atoms with Crippen LogP contribution in [0.4, 0.5) is 5.82 Å². The molecule has 1 aliphatic rings. The highest BCUT2D eigenvalue weighted by Crippen LogP contribution is 2.29. The van der Waals surface area contributed by atoms with Gasteiger partial charge in [0.05, 0.1) is 16.3 Å². The number of rotatable bonds is 6. The molecule has 0 aliphatic carbocycles. The fourth-order valence-corrected chi connectivity index (χ4v) is 4.56. The third kappa shape index (κ3) is 4.14. The Balaban J connectivity index is 1.40. The number of thiazole rings is 1. The highest BCUT2D eigenvalue weighted by Gasteiger charge is 2.24. The largest absolute Gasteiger partial charge is 0.452 e. The minimum Gasteiger partial charge on any atom is -0.452 e. The van der Waals surface area contributed by atoms with Gasteiger partial charge in [-0.2, -0.15) is 0 Å². The number of benzene rings is 1. The summed E-state index contributed by atoms with van der Waals surface area (Å²) in [6, 6.07) is 11.1. The number of likely N-dealkylation sites (N-methyl/N-ethyl adjacent to an activating group) is 1. The number of carbonyl (C=O) groups excluding carboxylic acids is 2. The molecule has 1 fully saturated rings. The van der Waals surface area contributed by atoms with Crippen LogP contribution in [0.3, 0.4) is 0 Å². The predicted molar refractivity (Wildman–Crippen MR) is 117 cm³/mol. The van der Waals surface area contributed by atoms with Crippen molar-refractivity contribution in [2.75, 3.05) is 31.6 Å². The smallest absolute Gasteiger partial charge is 0.342 e. The van der Waals surface area contributed by atoms with Crippen molar-refractivity contribution < 1.29 is 14.3 Å². The molecule has 0 saturated carbocycles. The molecule has 2 aromatic heterocycles. The van der Waals surface area contributed by atoms with Crippen LogP contribution in [0.25, 0.3) is 10.2 Å². The number of nitrogens with zero attached hydrogens (tertiary/aromatic N) is 4. The maximum absolute atomic E-state index is 12.6. The van der Waals surface area contributed by atoms with E-state index in [0.717, 1.165) is 41.2 Å². The van der Waals surface area contributed by atoms with Crippen LogP contribution in [0.15, 0.2) is 42.6 Å². The molecular weight excluding hydrogens is 400 g/mol. The summed E-state index contributed by atoms with van der Waals surface area (Å²) in [5.74, 6) is -0.176. The molecule has 0 unspecified atom stereocenters. The Morgan fingerprint density at radius 3 is 2.73 bits per heavy atom. The summed E-state index contributed by atoms with van der Waals surface area (Å²) < 4.78 is 6.42. The van der Waals surface area contributed by atoms with Gasteiger partial charge in [-0.05, 0) is 44.0 Å². The highest BCUT2D eigenvalue weighted by molar-refractivity contribution is 7.18. The van der Waals surface area contributed by atoms with Gasteiger partial charge in [-0.15, -0.1) is 11.3 Å². The molecule has 7 nitrogen and oxygen atoms in total. The van der Waals surface area contributed by atoms with Gasteiger partial charge < -0.3 is 14.5 Å². The van der Waals surface area contributed by atoms with Gasteiger partial charge in [-0.3, -0.25) is 4.79 Å². The first-order valence-electron chi connectivity index (χ1n) is 10.0. The second-order valence-corrected chi connectivity index (χ2v) is 8.41. The van der Waals surface area contributed by atoms with Gasteiger partial charge in [0.25, 0.3) is 5.91 Å². The Morgan fingerprint density at radius 1 is 1.20 bits per heavy atom. The van der Waals surface area contributed by atoms with Crippen LogP contribution in [0.1, 0.15) is 41.2 Å². The molecule has 1 saturated heterocycles. The number of hydrogen-bond donors (Lipinski definition) is 0. The number of hydrogen-bond acceptors (Lipinski definition) is 7. The standard InChI is InChI=1S/C22H24N4O3S/c1-15(21-24-17-9-3-4-10-18(17)30-21)25(2)19(27)14-29-22(28)16-8-7-11-23-20(16)26-12-5-6-13-26/h3-4,7-11,15H,5-6,12-14H2,1-2H3/t15-/m0/s1. The van der Waals surface area contributed by atoms with E-state index in [-0.39, 0.29) is 18.6 Å². The molecule has 30 heavy (non-hydrogen) atoms. The van der Waals surface area contributed by atoms with Crippen molar-refractivity contribution in [2.24, 2.45) is 0 Å². The lowest BCUT2D eigenvalue weighted by Crippen LogP contribution is -2.33. The number of fused-ring (bicyclic) bond motifs is 1. The Kier molecular flexibility index (Phi) is 5.94. The number of amides is 1. The summed E-state index contributed by atoms with van der Waals surface area (Å²) in [6.45, 7) is 3.35. The summed E-state index contributed by atoms with van der Waals surface area (Å²) in [4.78, 5) is 37.9. The molecule has 1 atom stereocenters. The Labute approximate surface area is 179 Å². The minimum atomic E-state index is -0.528.